The van der Waals surface area contributed by atoms with Gasteiger partial charge in [0.1, 0.15) is 5.82 Å². The Morgan fingerprint density at radius 3 is 2.50 bits per heavy atom. The van der Waals surface area contributed by atoms with Crippen LogP contribution < -0.4 is 10.6 Å². The van der Waals surface area contributed by atoms with E-state index in [0.717, 1.165) is 4.31 Å². The third-order valence-corrected chi connectivity index (χ3v) is 5.88. The summed E-state index contributed by atoms with van der Waals surface area (Å²) in [6.07, 6.45) is 0.979. The van der Waals surface area contributed by atoms with E-state index in [-0.39, 0.29) is 31.4 Å². The SMILES string of the molecule is CN=C(NCc1ccccc1F)NCC1CCN(S(=O)(=O)C(F)F)CC1. The van der Waals surface area contributed by atoms with Gasteiger partial charge in [-0.05, 0) is 24.8 Å². The lowest BCUT2D eigenvalue weighted by Gasteiger charge is -2.31. The summed E-state index contributed by atoms with van der Waals surface area (Å²) in [6, 6.07) is 6.42. The Labute approximate surface area is 151 Å². The number of aliphatic imine (C=N–C) groups is 1. The fraction of sp³-hybridized carbons (Fsp3) is 0.562. The molecule has 6 nitrogen and oxygen atoms in total. The van der Waals surface area contributed by atoms with E-state index in [0.29, 0.717) is 30.9 Å². The minimum atomic E-state index is -4.49. The van der Waals surface area contributed by atoms with Crippen LogP contribution in [0.5, 0.6) is 0 Å². The van der Waals surface area contributed by atoms with E-state index in [9.17, 15) is 21.6 Å². The molecule has 0 spiro atoms. The van der Waals surface area contributed by atoms with Gasteiger partial charge in [-0.25, -0.2) is 12.8 Å². The molecular formula is C16H23F3N4O2S. The highest BCUT2D eigenvalue weighted by atomic mass is 32.2. The lowest BCUT2D eigenvalue weighted by atomic mass is 9.98. The van der Waals surface area contributed by atoms with Crippen LogP contribution in [0, 0.1) is 11.7 Å². The number of rotatable bonds is 6. The molecule has 0 aliphatic carbocycles. The molecule has 1 heterocycles. The third kappa shape index (κ3) is 5.34. The third-order valence-electron chi connectivity index (χ3n) is 4.34. The number of sulfonamides is 1. The van der Waals surface area contributed by atoms with Crippen LogP contribution in [0.4, 0.5) is 13.2 Å². The number of guanidine groups is 1. The Morgan fingerprint density at radius 2 is 1.92 bits per heavy atom. The summed E-state index contributed by atoms with van der Waals surface area (Å²) >= 11 is 0. The highest BCUT2D eigenvalue weighted by Crippen LogP contribution is 2.22. The lowest BCUT2D eigenvalue weighted by molar-refractivity contribution is 0.204. The molecule has 1 aliphatic heterocycles. The number of hydrogen-bond acceptors (Lipinski definition) is 3. The predicted molar refractivity (Wildman–Crippen MR) is 93.8 cm³/mol. The number of benzene rings is 1. The van der Waals surface area contributed by atoms with E-state index in [2.05, 4.69) is 15.6 Å². The molecule has 0 amide bonds. The average Bonchev–Trinajstić information content (AvgIpc) is 2.63. The molecule has 1 aromatic carbocycles. The van der Waals surface area contributed by atoms with Crippen LogP contribution in [-0.4, -0.2) is 51.1 Å². The van der Waals surface area contributed by atoms with Crippen molar-refractivity contribution in [1.82, 2.24) is 14.9 Å². The van der Waals surface area contributed by atoms with Crippen molar-refractivity contribution < 1.29 is 21.6 Å². The number of piperidine rings is 1. The van der Waals surface area contributed by atoms with Gasteiger partial charge >= 0.3 is 5.76 Å². The Morgan fingerprint density at radius 1 is 1.27 bits per heavy atom. The van der Waals surface area contributed by atoms with E-state index < -0.39 is 15.8 Å². The molecule has 2 N–H and O–H groups in total. The zero-order valence-electron chi connectivity index (χ0n) is 14.5. The zero-order chi connectivity index (χ0) is 19.2. The van der Waals surface area contributed by atoms with E-state index >= 15 is 0 Å². The predicted octanol–water partition coefficient (Wildman–Crippen LogP) is 1.76. The fourth-order valence-electron chi connectivity index (χ4n) is 2.76. The van der Waals surface area contributed by atoms with Gasteiger partial charge in [0.05, 0.1) is 0 Å². The maximum atomic E-state index is 13.6. The zero-order valence-corrected chi connectivity index (χ0v) is 15.3. The van der Waals surface area contributed by atoms with Crippen molar-refractivity contribution in [3.63, 3.8) is 0 Å². The largest absolute Gasteiger partial charge is 0.356 e. The lowest BCUT2D eigenvalue weighted by Crippen LogP contribution is -2.45. The molecule has 0 saturated carbocycles. The van der Waals surface area contributed by atoms with Gasteiger partial charge in [-0.15, -0.1) is 0 Å². The van der Waals surface area contributed by atoms with E-state index in [4.69, 9.17) is 0 Å². The fourth-order valence-corrected chi connectivity index (χ4v) is 3.71. The molecule has 1 aromatic rings. The second-order valence-electron chi connectivity index (χ2n) is 6.05. The van der Waals surface area contributed by atoms with Gasteiger partial charge in [0.15, 0.2) is 5.96 Å². The van der Waals surface area contributed by atoms with Gasteiger partial charge in [-0.2, -0.15) is 13.1 Å². The number of alkyl halides is 2. The average molecular weight is 392 g/mol. The monoisotopic (exact) mass is 392 g/mol. The van der Waals surface area contributed by atoms with Crippen LogP contribution in [0.1, 0.15) is 18.4 Å². The number of nitrogens with one attached hydrogen (secondary N) is 2. The molecule has 26 heavy (non-hydrogen) atoms. The molecule has 1 aliphatic rings. The number of hydrogen-bond donors (Lipinski definition) is 2. The first-order chi connectivity index (χ1) is 12.3. The van der Waals surface area contributed by atoms with Gasteiger partial charge < -0.3 is 10.6 Å². The van der Waals surface area contributed by atoms with Crippen LogP contribution in [0.25, 0.3) is 0 Å². The summed E-state index contributed by atoms with van der Waals surface area (Å²) in [5.74, 6) is -3.04. The van der Waals surface area contributed by atoms with Crippen molar-refractivity contribution in [1.29, 1.82) is 0 Å². The topological polar surface area (TPSA) is 73.8 Å². The summed E-state index contributed by atoms with van der Waals surface area (Å²) < 4.78 is 62.5. The Hall–Kier alpha value is -1.81. The maximum Gasteiger partial charge on any atom is 0.350 e. The van der Waals surface area contributed by atoms with Crippen molar-refractivity contribution >= 4 is 16.0 Å². The Kier molecular flexibility index (Phi) is 7.27. The molecule has 0 atom stereocenters. The van der Waals surface area contributed by atoms with Crippen LogP contribution in [0.2, 0.25) is 0 Å². The van der Waals surface area contributed by atoms with Gasteiger partial charge in [0.25, 0.3) is 10.0 Å². The molecule has 10 heteroatoms. The first-order valence-corrected chi connectivity index (χ1v) is 9.80. The molecular weight excluding hydrogens is 369 g/mol. The van der Waals surface area contributed by atoms with E-state index in [1.54, 1.807) is 25.2 Å². The molecule has 1 fully saturated rings. The van der Waals surface area contributed by atoms with Crippen molar-refractivity contribution in [3.05, 3.63) is 35.6 Å². The smallest absolute Gasteiger partial charge is 0.350 e. The van der Waals surface area contributed by atoms with Crippen molar-refractivity contribution in [2.45, 2.75) is 25.1 Å². The highest BCUT2D eigenvalue weighted by molar-refractivity contribution is 7.89. The minimum Gasteiger partial charge on any atom is -0.356 e. The highest BCUT2D eigenvalue weighted by Gasteiger charge is 2.34. The summed E-state index contributed by atoms with van der Waals surface area (Å²) in [4.78, 5) is 4.06. The summed E-state index contributed by atoms with van der Waals surface area (Å²) in [5, 5.41) is 6.11. The van der Waals surface area contributed by atoms with Crippen LogP contribution in [-0.2, 0) is 16.6 Å². The second-order valence-corrected chi connectivity index (χ2v) is 7.95. The standard InChI is InChI=1S/C16H23F3N4O2S/c1-20-16(22-11-13-4-2-3-5-14(13)17)21-10-12-6-8-23(9-7-12)26(24,25)15(18)19/h2-5,12,15H,6-11H2,1H3,(H2,20,21,22). The second kappa shape index (κ2) is 9.22. The molecule has 0 unspecified atom stereocenters. The summed E-state index contributed by atoms with van der Waals surface area (Å²) in [6.45, 7) is 0.970. The van der Waals surface area contributed by atoms with Gasteiger partial charge in [0, 0.05) is 38.8 Å². The molecule has 0 radical (unpaired) electrons. The van der Waals surface area contributed by atoms with Crippen molar-refractivity contribution in [3.8, 4) is 0 Å². The van der Waals surface area contributed by atoms with E-state index in [1.807, 2.05) is 0 Å². The van der Waals surface area contributed by atoms with E-state index in [1.165, 1.54) is 6.07 Å². The molecule has 146 valence electrons. The number of nitrogens with zero attached hydrogens (tertiary/aromatic N) is 2. The molecule has 0 bridgehead atoms. The Balaban J connectivity index is 1.77. The van der Waals surface area contributed by atoms with Crippen molar-refractivity contribution in [2.24, 2.45) is 10.9 Å². The van der Waals surface area contributed by atoms with Crippen molar-refractivity contribution in [2.75, 3.05) is 26.7 Å². The molecule has 0 aromatic heterocycles. The van der Waals surface area contributed by atoms with Crippen LogP contribution in [0.15, 0.2) is 29.3 Å². The minimum absolute atomic E-state index is 0.0836. The summed E-state index contributed by atoms with van der Waals surface area (Å²) in [7, 11) is -2.90. The molecule has 2 rings (SSSR count). The summed E-state index contributed by atoms with van der Waals surface area (Å²) in [5.41, 5.74) is 0.515. The first-order valence-electron chi connectivity index (χ1n) is 8.29. The first kappa shape index (κ1) is 20.5. The van der Waals surface area contributed by atoms with Gasteiger partial charge in [-0.1, -0.05) is 18.2 Å². The maximum absolute atomic E-state index is 13.6. The Bertz CT molecular complexity index is 720. The number of halogens is 3. The normalized spacial score (nSPS) is 17.5. The van der Waals surface area contributed by atoms with Gasteiger partial charge in [0.2, 0.25) is 0 Å². The quantitative estimate of drug-likeness (QED) is 0.572. The van der Waals surface area contributed by atoms with Gasteiger partial charge in [-0.3, -0.25) is 4.99 Å². The van der Waals surface area contributed by atoms with Crippen LogP contribution in [0.3, 0.4) is 0 Å². The van der Waals surface area contributed by atoms with Crippen LogP contribution >= 0.6 is 0 Å². The molecule has 1 saturated heterocycles.